The second-order valence-electron chi connectivity index (χ2n) is 6.66. The van der Waals surface area contributed by atoms with Crippen LogP contribution in [0.5, 0.6) is 5.75 Å². The number of aliphatic hydroxyl groups excluding tert-OH is 1. The van der Waals surface area contributed by atoms with Crippen molar-refractivity contribution in [2.45, 2.75) is 13.0 Å². The summed E-state index contributed by atoms with van der Waals surface area (Å²) in [7, 11) is 0. The first kappa shape index (κ1) is 23.4. The van der Waals surface area contributed by atoms with Gasteiger partial charge >= 0.3 is 0 Å². The number of aliphatic hydroxyl groups is 1. The van der Waals surface area contributed by atoms with Crippen LogP contribution in [0.25, 0.3) is 0 Å². The molecule has 0 radical (unpaired) electrons. The van der Waals surface area contributed by atoms with E-state index in [0.717, 1.165) is 31.9 Å². The van der Waals surface area contributed by atoms with Crippen LogP contribution < -0.4 is 15.4 Å². The number of halogens is 2. The molecule has 0 spiro atoms. The second-order valence-corrected chi connectivity index (χ2v) is 6.66. The highest BCUT2D eigenvalue weighted by atomic mass is 35.5. The smallest absolute Gasteiger partial charge is 0.119 e. The summed E-state index contributed by atoms with van der Waals surface area (Å²) in [4.78, 5) is 4.70. The van der Waals surface area contributed by atoms with Crippen molar-refractivity contribution in [2.24, 2.45) is 0 Å². The summed E-state index contributed by atoms with van der Waals surface area (Å²) >= 11 is 0. The van der Waals surface area contributed by atoms with Crippen LogP contribution in [0.3, 0.4) is 0 Å². The molecule has 2 aromatic rings. The van der Waals surface area contributed by atoms with Crippen LogP contribution in [0.1, 0.15) is 5.56 Å². The number of piperazine rings is 1. The van der Waals surface area contributed by atoms with Crippen molar-refractivity contribution < 1.29 is 9.84 Å². The summed E-state index contributed by atoms with van der Waals surface area (Å²) in [6.07, 6.45) is -0.497. The Kier molecular flexibility index (Phi) is 9.74. The van der Waals surface area contributed by atoms with Gasteiger partial charge in [-0.1, -0.05) is 12.1 Å². The predicted octanol–water partition coefficient (Wildman–Crippen LogP) is 2.98. The molecule has 1 heterocycles. The summed E-state index contributed by atoms with van der Waals surface area (Å²) in [6.45, 7) is 6.92. The van der Waals surface area contributed by atoms with Gasteiger partial charge < -0.3 is 20.5 Å². The molecule has 5 nitrogen and oxygen atoms in total. The minimum atomic E-state index is -0.497. The normalized spacial score (nSPS) is 15.4. The Morgan fingerprint density at radius 1 is 1.04 bits per heavy atom. The monoisotopic (exact) mass is 413 g/mol. The van der Waals surface area contributed by atoms with E-state index in [9.17, 15) is 5.11 Å². The summed E-state index contributed by atoms with van der Waals surface area (Å²) in [5.74, 6) is 0.734. The fourth-order valence-electron chi connectivity index (χ4n) is 3.12. The molecule has 1 fully saturated rings. The van der Waals surface area contributed by atoms with Crippen LogP contribution >= 0.6 is 24.8 Å². The van der Waals surface area contributed by atoms with E-state index >= 15 is 0 Å². The fourth-order valence-corrected chi connectivity index (χ4v) is 3.12. The molecule has 150 valence electrons. The fraction of sp³-hybridized carbons (Fsp3) is 0.400. The van der Waals surface area contributed by atoms with Gasteiger partial charge in [0.05, 0.1) is 0 Å². The number of rotatable bonds is 6. The lowest BCUT2D eigenvalue weighted by Crippen LogP contribution is -2.49. The van der Waals surface area contributed by atoms with E-state index in [2.05, 4.69) is 41.0 Å². The van der Waals surface area contributed by atoms with Crippen molar-refractivity contribution in [3.05, 3.63) is 54.1 Å². The number of aryl methyl sites for hydroxylation is 1. The molecule has 0 aromatic heterocycles. The standard InChI is InChI=1S/C20H27N3O2.2ClH/c1-16-3-2-4-18(13-16)23-11-9-22(10-12-23)14-19(24)15-25-20-7-5-17(21)6-8-20;;/h2-8,13,19,24H,9-12,14-15,21H2,1H3;2*1H. The third kappa shape index (κ3) is 7.11. The summed E-state index contributed by atoms with van der Waals surface area (Å²) in [6, 6.07) is 15.9. The summed E-state index contributed by atoms with van der Waals surface area (Å²) < 4.78 is 5.63. The second kappa shape index (κ2) is 11.2. The maximum absolute atomic E-state index is 10.2. The predicted molar refractivity (Wildman–Crippen MR) is 117 cm³/mol. The van der Waals surface area contributed by atoms with E-state index in [0.29, 0.717) is 18.8 Å². The zero-order chi connectivity index (χ0) is 17.6. The van der Waals surface area contributed by atoms with E-state index in [1.54, 1.807) is 12.1 Å². The van der Waals surface area contributed by atoms with E-state index in [-0.39, 0.29) is 24.8 Å². The third-order valence-electron chi connectivity index (χ3n) is 4.53. The molecular weight excluding hydrogens is 385 g/mol. The maximum Gasteiger partial charge on any atom is 0.119 e. The number of anilines is 2. The average molecular weight is 414 g/mol. The lowest BCUT2D eigenvalue weighted by molar-refractivity contribution is 0.0663. The number of hydrogen-bond donors (Lipinski definition) is 2. The number of nitrogens with two attached hydrogens (primary N) is 1. The zero-order valence-corrected chi connectivity index (χ0v) is 17.2. The van der Waals surface area contributed by atoms with Crippen LogP contribution in [-0.4, -0.2) is 55.4 Å². The molecule has 0 amide bonds. The van der Waals surface area contributed by atoms with Crippen molar-refractivity contribution in [1.82, 2.24) is 4.90 Å². The molecular formula is C20H29Cl2N3O2. The van der Waals surface area contributed by atoms with Gasteiger partial charge in [0.2, 0.25) is 0 Å². The zero-order valence-electron chi connectivity index (χ0n) is 15.6. The van der Waals surface area contributed by atoms with Crippen LogP contribution in [0.2, 0.25) is 0 Å². The molecule has 3 rings (SSSR count). The summed E-state index contributed by atoms with van der Waals surface area (Å²) in [5.41, 5.74) is 8.93. The molecule has 2 aromatic carbocycles. The van der Waals surface area contributed by atoms with Gasteiger partial charge in [0.15, 0.2) is 0 Å². The van der Waals surface area contributed by atoms with Gasteiger partial charge in [0.1, 0.15) is 18.5 Å². The Morgan fingerprint density at radius 3 is 2.33 bits per heavy atom. The average Bonchev–Trinajstić information content (AvgIpc) is 2.62. The summed E-state index contributed by atoms with van der Waals surface area (Å²) in [5, 5.41) is 10.2. The first-order chi connectivity index (χ1) is 12.1. The molecule has 1 atom stereocenters. The lowest BCUT2D eigenvalue weighted by Gasteiger charge is -2.37. The molecule has 1 aliphatic heterocycles. The Bertz CT molecular complexity index is 677. The van der Waals surface area contributed by atoms with Crippen LogP contribution in [0.4, 0.5) is 11.4 Å². The SMILES string of the molecule is Cc1cccc(N2CCN(CC(O)COc3ccc(N)cc3)CC2)c1.Cl.Cl. The highest BCUT2D eigenvalue weighted by Gasteiger charge is 2.19. The van der Waals surface area contributed by atoms with Crippen LogP contribution in [0, 0.1) is 6.92 Å². The highest BCUT2D eigenvalue weighted by molar-refractivity contribution is 5.85. The molecule has 1 unspecified atom stereocenters. The number of hydrogen-bond acceptors (Lipinski definition) is 5. The molecule has 1 aliphatic rings. The number of ether oxygens (including phenoxy) is 1. The highest BCUT2D eigenvalue weighted by Crippen LogP contribution is 2.18. The first-order valence-corrected chi connectivity index (χ1v) is 8.80. The number of benzene rings is 2. The van der Waals surface area contributed by atoms with Crippen molar-refractivity contribution in [2.75, 3.05) is 50.0 Å². The first-order valence-electron chi connectivity index (χ1n) is 8.80. The van der Waals surface area contributed by atoms with Crippen molar-refractivity contribution in [1.29, 1.82) is 0 Å². The van der Waals surface area contributed by atoms with Gasteiger partial charge in [-0.15, -0.1) is 24.8 Å². The van der Waals surface area contributed by atoms with E-state index in [1.165, 1.54) is 11.3 Å². The lowest BCUT2D eigenvalue weighted by atomic mass is 10.2. The molecule has 7 heteroatoms. The van der Waals surface area contributed by atoms with Gasteiger partial charge in [-0.2, -0.15) is 0 Å². The van der Waals surface area contributed by atoms with Gasteiger partial charge in [0, 0.05) is 44.1 Å². The Hall–Kier alpha value is -1.66. The van der Waals surface area contributed by atoms with E-state index < -0.39 is 6.10 Å². The molecule has 1 saturated heterocycles. The minimum Gasteiger partial charge on any atom is -0.491 e. The van der Waals surface area contributed by atoms with Crippen molar-refractivity contribution >= 4 is 36.2 Å². The minimum absolute atomic E-state index is 0. The van der Waals surface area contributed by atoms with Gasteiger partial charge in [-0.05, 0) is 48.9 Å². The largest absolute Gasteiger partial charge is 0.491 e. The van der Waals surface area contributed by atoms with Crippen molar-refractivity contribution in [3.63, 3.8) is 0 Å². The third-order valence-corrected chi connectivity index (χ3v) is 4.53. The van der Waals surface area contributed by atoms with E-state index in [4.69, 9.17) is 10.5 Å². The number of β-amino-alcohol motifs (C(OH)–C–C–N with tert-alkyl or cyclic N) is 1. The Morgan fingerprint density at radius 2 is 1.70 bits per heavy atom. The van der Waals surface area contributed by atoms with Gasteiger partial charge in [-0.3, -0.25) is 4.90 Å². The quantitative estimate of drug-likeness (QED) is 0.712. The topological polar surface area (TPSA) is 62.0 Å². The molecule has 0 aliphatic carbocycles. The maximum atomic E-state index is 10.2. The van der Waals surface area contributed by atoms with Gasteiger partial charge in [0.25, 0.3) is 0 Å². The Labute approximate surface area is 173 Å². The van der Waals surface area contributed by atoms with Crippen LogP contribution in [-0.2, 0) is 0 Å². The van der Waals surface area contributed by atoms with Crippen molar-refractivity contribution in [3.8, 4) is 5.75 Å². The van der Waals surface area contributed by atoms with Crippen LogP contribution in [0.15, 0.2) is 48.5 Å². The number of nitrogen functional groups attached to an aromatic ring is 1. The molecule has 27 heavy (non-hydrogen) atoms. The molecule has 3 N–H and O–H groups in total. The van der Waals surface area contributed by atoms with Gasteiger partial charge in [-0.25, -0.2) is 0 Å². The Balaban J connectivity index is 0.00000182. The molecule has 0 saturated carbocycles. The van der Waals surface area contributed by atoms with E-state index in [1.807, 2.05) is 12.1 Å². The number of nitrogens with zero attached hydrogens (tertiary/aromatic N) is 2. The molecule has 0 bridgehead atoms.